The van der Waals surface area contributed by atoms with Crippen LogP contribution in [0, 0.1) is 17.8 Å². The van der Waals surface area contributed by atoms with Gasteiger partial charge in [0.1, 0.15) is 0 Å². The van der Waals surface area contributed by atoms with E-state index in [0.717, 1.165) is 12.8 Å². The molecular formula is C12H23NO2. The maximum atomic E-state index is 11.7. The zero-order valence-electron chi connectivity index (χ0n) is 9.83. The molecule has 0 heterocycles. The van der Waals surface area contributed by atoms with Crippen LogP contribution in [0.2, 0.25) is 0 Å². The normalized spacial score (nSPS) is 19.7. The third-order valence-electron chi connectivity index (χ3n) is 3.42. The first-order valence-corrected chi connectivity index (χ1v) is 6.07. The van der Waals surface area contributed by atoms with E-state index in [1.54, 1.807) is 0 Å². The Hall–Kier alpha value is -0.570. The summed E-state index contributed by atoms with van der Waals surface area (Å²) in [6.45, 7) is 5.04. The van der Waals surface area contributed by atoms with Crippen LogP contribution in [0.1, 0.15) is 39.5 Å². The SMILES string of the molecule is CCC(CCO)CNC(=O)C(C)C1CC1. The number of hydrogen-bond donors (Lipinski definition) is 2. The third-order valence-corrected chi connectivity index (χ3v) is 3.42. The van der Waals surface area contributed by atoms with E-state index in [2.05, 4.69) is 12.2 Å². The number of hydrogen-bond acceptors (Lipinski definition) is 2. The van der Waals surface area contributed by atoms with Gasteiger partial charge in [0, 0.05) is 19.1 Å². The van der Waals surface area contributed by atoms with Crippen LogP contribution in [0.5, 0.6) is 0 Å². The van der Waals surface area contributed by atoms with E-state index in [9.17, 15) is 4.79 Å². The molecule has 0 aliphatic heterocycles. The molecule has 0 aromatic rings. The molecule has 2 N–H and O–H groups in total. The average molecular weight is 213 g/mol. The van der Waals surface area contributed by atoms with E-state index in [-0.39, 0.29) is 18.4 Å². The molecular weight excluding hydrogens is 190 g/mol. The zero-order valence-corrected chi connectivity index (χ0v) is 9.83. The number of carbonyl (C=O) groups excluding carboxylic acids is 1. The fraction of sp³-hybridized carbons (Fsp3) is 0.917. The summed E-state index contributed by atoms with van der Waals surface area (Å²) in [6.07, 6.45) is 4.22. The molecule has 0 aromatic carbocycles. The summed E-state index contributed by atoms with van der Waals surface area (Å²) in [7, 11) is 0. The Kier molecular flexibility index (Phi) is 5.09. The van der Waals surface area contributed by atoms with Crippen molar-refractivity contribution in [3.05, 3.63) is 0 Å². The monoisotopic (exact) mass is 213 g/mol. The van der Waals surface area contributed by atoms with Crippen molar-refractivity contribution in [2.45, 2.75) is 39.5 Å². The molecule has 0 aromatic heterocycles. The molecule has 88 valence electrons. The summed E-state index contributed by atoms with van der Waals surface area (Å²) in [5.41, 5.74) is 0. The van der Waals surface area contributed by atoms with Crippen molar-refractivity contribution < 1.29 is 9.90 Å². The molecule has 2 atom stereocenters. The summed E-state index contributed by atoms with van der Waals surface area (Å²) >= 11 is 0. The van der Waals surface area contributed by atoms with E-state index >= 15 is 0 Å². The summed E-state index contributed by atoms with van der Waals surface area (Å²) in [6, 6.07) is 0. The van der Waals surface area contributed by atoms with Gasteiger partial charge in [-0.25, -0.2) is 0 Å². The van der Waals surface area contributed by atoms with Crippen LogP contribution in [-0.2, 0) is 4.79 Å². The van der Waals surface area contributed by atoms with E-state index in [1.807, 2.05) is 6.92 Å². The largest absolute Gasteiger partial charge is 0.396 e. The van der Waals surface area contributed by atoms with E-state index < -0.39 is 0 Å². The molecule has 1 amide bonds. The smallest absolute Gasteiger partial charge is 0.223 e. The first-order chi connectivity index (χ1) is 7.19. The predicted octanol–water partition coefficient (Wildman–Crippen LogP) is 1.56. The van der Waals surface area contributed by atoms with Gasteiger partial charge in [-0.3, -0.25) is 4.79 Å². The number of nitrogens with one attached hydrogen (secondary N) is 1. The molecule has 1 aliphatic carbocycles. The third kappa shape index (κ3) is 4.20. The van der Waals surface area contributed by atoms with Gasteiger partial charge in [-0.05, 0) is 31.1 Å². The Morgan fingerprint density at radius 1 is 1.53 bits per heavy atom. The second-order valence-electron chi connectivity index (χ2n) is 4.66. The highest BCUT2D eigenvalue weighted by atomic mass is 16.3. The Morgan fingerprint density at radius 2 is 2.20 bits per heavy atom. The number of aliphatic hydroxyl groups is 1. The van der Waals surface area contributed by atoms with Gasteiger partial charge in [-0.2, -0.15) is 0 Å². The van der Waals surface area contributed by atoms with Crippen LogP contribution in [0.3, 0.4) is 0 Å². The van der Waals surface area contributed by atoms with Crippen molar-refractivity contribution in [2.75, 3.05) is 13.2 Å². The molecule has 15 heavy (non-hydrogen) atoms. The molecule has 3 nitrogen and oxygen atoms in total. The molecule has 1 fully saturated rings. The summed E-state index contributed by atoms with van der Waals surface area (Å²) in [4.78, 5) is 11.7. The van der Waals surface area contributed by atoms with Crippen LogP contribution in [0.15, 0.2) is 0 Å². The van der Waals surface area contributed by atoms with Crippen LogP contribution in [0.4, 0.5) is 0 Å². The number of amides is 1. The van der Waals surface area contributed by atoms with Crippen LogP contribution >= 0.6 is 0 Å². The molecule has 0 bridgehead atoms. The molecule has 1 rings (SSSR count). The Balaban J connectivity index is 2.19. The van der Waals surface area contributed by atoms with Gasteiger partial charge >= 0.3 is 0 Å². The van der Waals surface area contributed by atoms with Crippen molar-refractivity contribution >= 4 is 5.91 Å². The highest BCUT2D eigenvalue weighted by Gasteiger charge is 2.32. The lowest BCUT2D eigenvalue weighted by molar-refractivity contribution is -0.125. The lowest BCUT2D eigenvalue weighted by Gasteiger charge is -2.16. The topological polar surface area (TPSA) is 49.3 Å². The van der Waals surface area contributed by atoms with Gasteiger partial charge in [0.05, 0.1) is 0 Å². The summed E-state index contributed by atoms with van der Waals surface area (Å²) in [5.74, 6) is 1.42. The second-order valence-corrected chi connectivity index (χ2v) is 4.66. The first-order valence-electron chi connectivity index (χ1n) is 6.07. The second kappa shape index (κ2) is 6.11. The molecule has 2 unspecified atom stereocenters. The Morgan fingerprint density at radius 3 is 2.67 bits per heavy atom. The van der Waals surface area contributed by atoms with Crippen LogP contribution < -0.4 is 5.32 Å². The molecule has 0 saturated heterocycles. The number of carbonyl (C=O) groups is 1. The zero-order chi connectivity index (χ0) is 11.3. The Bertz CT molecular complexity index is 202. The van der Waals surface area contributed by atoms with Crippen LogP contribution in [0.25, 0.3) is 0 Å². The Labute approximate surface area is 92.3 Å². The molecule has 0 spiro atoms. The van der Waals surface area contributed by atoms with Gasteiger partial charge in [-0.1, -0.05) is 20.3 Å². The van der Waals surface area contributed by atoms with Crippen molar-refractivity contribution in [2.24, 2.45) is 17.8 Å². The summed E-state index contributed by atoms with van der Waals surface area (Å²) in [5, 5.41) is 11.8. The van der Waals surface area contributed by atoms with E-state index in [0.29, 0.717) is 18.4 Å². The fourth-order valence-electron chi connectivity index (χ4n) is 1.85. The van der Waals surface area contributed by atoms with Crippen molar-refractivity contribution in [3.63, 3.8) is 0 Å². The molecule has 0 radical (unpaired) electrons. The lowest BCUT2D eigenvalue weighted by Crippen LogP contribution is -2.34. The highest BCUT2D eigenvalue weighted by molar-refractivity contribution is 5.78. The van der Waals surface area contributed by atoms with Gasteiger partial charge in [0.15, 0.2) is 0 Å². The molecule has 3 heteroatoms. The first kappa shape index (κ1) is 12.5. The maximum absolute atomic E-state index is 11.7. The quantitative estimate of drug-likeness (QED) is 0.674. The predicted molar refractivity (Wildman–Crippen MR) is 60.4 cm³/mol. The van der Waals surface area contributed by atoms with Crippen molar-refractivity contribution in [3.8, 4) is 0 Å². The number of rotatable bonds is 7. The molecule has 1 saturated carbocycles. The van der Waals surface area contributed by atoms with Crippen molar-refractivity contribution in [1.29, 1.82) is 0 Å². The van der Waals surface area contributed by atoms with Crippen LogP contribution in [-0.4, -0.2) is 24.2 Å². The van der Waals surface area contributed by atoms with Gasteiger partial charge in [0.25, 0.3) is 0 Å². The van der Waals surface area contributed by atoms with E-state index in [4.69, 9.17) is 5.11 Å². The van der Waals surface area contributed by atoms with Gasteiger partial charge < -0.3 is 10.4 Å². The average Bonchev–Trinajstić information content (AvgIpc) is 3.06. The maximum Gasteiger partial charge on any atom is 0.223 e. The lowest BCUT2D eigenvalue weighted by atomic mass is 10.0. The standard InChI is InChI=1S/C12H23NO2/c1-3-10(6-7-14)8-13-12(15)9(2)11-4-5-11/h9-11,14H,3-8H2,1-2H3,(H,13,15). The van der Waals surface area contributed by atoms with Gasteiger partial charge in [-0.15, -0.1) is 0 Å². The highest BCUT2D eigenvalue weighted by Crippen LogP contribution is 2.36. The minimum absolute atomic E-state index is 0.177. The summed E-state index contributed by atoms with van der Waals surface area (Å²) < 4.78 is 0. The van der Waals surface area contributed by atoms with E-state index in [1.165, 1.54) is 12.8 Å². The minimum atomic E-state index is 0.177. The molecule has 1 aliphatic rings. The number of aliphatic hydroxyl groups excluding tert-OH is 1. The fourth-order valence-corrected chi connectivity index (χ4v) is 1.85. The van der Waals surface area contributed by atoms with Gasteiger partial charge in [0.2, 0.25) is 5.91 Å². The minimum Gasteiger partial charge on any atom is -0.396 e. The van der Waals surface area contributed by atoms with Crippen molar-refractivity contribution in [1.82, 2.24) is 5.32 Å².